The van der Waals surface area contributed by atoms with Crippen LogP contribution < -0.4 is 5.32 Å². The Kier molecular flexibility index (Phi) is 5.43. The number of nitrogens with zero attached hydrogens (tertiary/aromatic N) is 1. The van der Waals surface area contributed by atoms with Crippen LogP contribution in [-0.2, 0) is 6.42 Å². The summed E-state index contributed by atoms with van der Waals surface area (Å²) in [5.41, 5.74) is 2.45. The zero-order chi connectivity index (χ0) is 13.5. The number of likely N-dealkylation sites (N-methyl/N-ethyl adjacent to an activating group) is 1. The molecule has 2 aromatic rings. The van der Waals surface area contributed by atoms with Gasteiger partial charge in [0.2, 0.25) is 0 Å². The fourth-order valence-corrected chi connectivity index (χ4v) is 2.53. The van der Waals surface area contributed by atoms with Crippen molar-refractivity contribution in [2.45, 2.75) is 24.3 Å². The topological polar surface area (TPSA) is 24.9 Å². The van der Waals surface area contributed by atoms with Crippen LogP contribution >= 0.6 is 11.8 Å². The lowest BCUT2D eigenvalue weighted by atomic mass is 10.0. The lowest BCUT2D eigenvalue weighted by Gasteiger charge is -2.18. The summed E-state index contributed by atoms with van der Waals surface area (Å²) in [7, 11) is 0. The highest BCUT2D eigenvalue weighted by atomic mass is 32.2. The van der Waals surface area contributed by atoms with Crippen LogP contribution in [0.25, 0.3) is 0 Å². The van der Waals surface area contributed by atoms with Gasteiger partial charge in [0.05, 0.1) is 0 Å². The molecule has 0 amide bonds. The van der Waals surface area contributed by atoms with Gasteiger partial charge in [-0.2, -0.15) is 0 Å². The Morgan fingerprint density at radius 3 is 2.53 bits per heavy atom. The largest absolute Gasteiger partial charge is 0.310 e. The van der Waals surface area contributed by atoms with Crippen molar-refractivity contribution in [1.29, 1.82) is 0 Å². The van der Waals surface area contributed by atoms with Crippen LogP contribution in [0.2, 0.25) is 0 Å². The van der Waals surface area contributed by atoms with Crippen molar-refractivity contribution in [3.63, 3.8) is 0 Å². The Labute approximate surface area is 119 Å². The van der Waals surface area contributed by atoms with Gasteiger partial charge >= 0.3 is 0 Å². The van der Waals surface area contributed by atoms with E-state index in [4.69, 9.17) is 0 Å². The maximum atomic E-state index is 4.42. The van der Waals surface area contributed by atoms with Crippen molar-refractivity contribution in [2.24, 2.45) is 0 Å². The summed E-state index contributed by atoms with van der Waals surface area (Å²) in [4.78, 5) is 5.72. The van der Waals surface area contributed by atoms with Gasteiger partial charge in [0.15, 0.2) is 0 Å². The summed E-state index contributed by atoms with van der Waals surface area (Å²) >= 11 is 1.77. The van der Waals surface area contributed by atoms with E-state index in [-0.39, 0.29) is 0 Å². The van der Waals surface area contributed by atoms with Crippen molar-refractivity contribution >= 4 is 11.8 Å². The third-order valence-electron chi connectivity index (χ3n) is 3.11. The number of rotatable bonds is 6. The van der Waals surface area contributed by atoms with E-state index in [1.165, 1.54) is 10.5 Å². The van der Waals surface area contributed by atoms with Crippen LogP contribution in [0.15, 0.2) is 53.6 Å². The quantitative estimate of drug-likeness (QED) is 0.812. The van der Waals surface area contributed by atoms with Crippen LogP contribution in [0.4, 0.5) is 0 Å². The normalized spacial score (nSPS) is 12.3. The van der Waals surface area contributed by atoms with E-state index in [9.17, 15) is 0 Å². The fourth-order valence-electron chi connectivity index (χ4n) is 2.12. The van der Waals surface area contributed by atoms with Crippen molar-refractivity contribution < 1.29 is 0 Å². The van der Waals surface area contributed by atoms with E-state index in [1.807, 2.05) is 18.3 Å². The summed E-state index contributed by atoms with van der Waals surface area (Å²) in [5, 5.41) is 3.54. The summed E-state index contributed by atoms with van der Waals surface area (Å²) in [6.07, 6.45) is 4.88. The van der Waals surface area contributed by atoms with E-state index in [0.717, 1.165) is 18.7 Å². The summed E-state index contributed by atoms with van der Waals surface area (Å²) in [6.45, 7) is 3.10. The molecule has 1 aromatic carbocycles. The van der Waals surface area contributed by atoms with Gasteiger partial charge in [-0.1, -0.05) is 25.1 Å². The van der Waals surface area contributed by atoms with Crippen LogP contribution in [0.1, 0.15) is 24.2 Å². The van der Waals surface area contributed by atoms with E-state index in [0.29, 0.717) is 6.04 Å². The molecule has 1 heterocycles. The van der Waals surface area contributed by atoms with Crippen LogP contribution in [-0.4, -0.2) is 17.8 Å². The summed E-state index contributed by atoms with van der Waals surface area (Å²) in [5.74, 6) is 0. The van der Waals surface area contributed by atoms with E-state index in [2.05, 4.69) is 53.8 Å². The third kappa shape index (κ3) is 4.08. The molecule has 1 unspecified atom stereocenters. The summed E-state index contributed by atoms with van der Waals surface area (Å²) < 4.78 is 0. The molecule has 0 bridgehead atoms. The fraction of sp³-hybridized carbons (Fsp3) is 0.312. The van der Waals surface area contributed by atoms with Crippen molar-refractivity contribution in [2.75, 3.05) is 12.8 Å². The first-order valence-electron chi connectivity index (χ1n) is 6.60. The standard InChI is InChI=1S/C16H20N2S/c1-3-17-16(12-14-6-4-5-11-18-14)13-7-9-15(19-2)10-8-13/h4-11,16-17H,3,12H2,1-2H3. The number of hydrogen-bond donors (Lipinski definition) is 1. The van der Waals surface area contributed by atoms with Crippen LogP contribution in [0, 0.1) is 0 Å². The molecule has 3 heteroatoms. The highest BCUT2D eigenvalue weighted by molar-refractivity contribution is 7.98. The SMILES string of the molecule is CCNC(Cc1ccccn1)c1ccc(SC)cc1. The number of aromatic nitrogens is 1. The van der Waals surface area contributed by atoms with E-state index >= 15 is 0 Å². The molecule has 1 aromatic heterocycles. The van der Waals surface area contributed by atoms with Crippen LogP contribution in [0.3, 0.4) is 0 Å². The molecule has 1 N–H and O–H groups in total. The van der Waals surface area contributed by atoms with Gasteiger partial charge in [-0.15, -0.1) is 11.8 Å². The molecule has 19 heavy (non-hydrogen) atoms. The zero-order valence-corrected chi connectivity index (χ0v) is 12.3. The lowest BCUT2D eigenvalue weighted by molar-refractivity contribution is 0.544. The minimum absolute atomic E-state index is 0.329. The predicted octanol–water partition coefficient (Wildman–Crippen LogP) is 3.70. The van der Waals surface area contributed by atoms with Crippen molar-refractivity contribution in [3.8, 4) is 0 Å². The lowest BCUT2D eigenvalue weighted by Crippen LogP contribution is -2.23. The smallest absolute Gasteiger partial charge is 0.0422 e. The molecule has 0 radical (unpaired) electrons. The predicted molar refractivity (Wildman–Crippen MR) is 82.6 cm³/mol. The van der Waals surface area contributed by atoms with E-state index in [1.54, 1.807) is 11.8 Å². The van der Waals surface area contributed by atoms with Gasteiger partial charge in [-0.3, -0.25) is 4.98 Å². The third-order valence-corrected chi connectivity index (χ3v) is 3.85. The van der Waals surface area contributed by atoms with Gasteiger partial charge < -0.3 is 5.32 Å². The molecule has 0 saturated heterocycles. The van der Waals surface area contributed by atoms with Gasteiger partial charge in [0, 0.05) is 29.2 Å². The number of nitrogens with one attached hydrogen (secondary N) is 1. The first kappa shape index (κ1) is 14.1. The van der Waals surface area contributed by atoms with Gasteiger partial charge in [-0.05, 0) is 42.6 Å². The molecule has 0 aliphatic rings. The first-order chi connectivity index (χ1) is 9.33. The second-order valence-electron chi connectivity index (χ2n) is 4.41. The molecule has 0 aliphatic carbocycles. The molecule has 0 fully saturated rings. The highest BCUT2D eigenvalue weighted by Gasteiger charge is 2.11. The average molecular weight is 272 g/mol. The molecule has 1 atom stereocenters. The minimum Gasteiger partial charge on any atom is -0.310 e. The number of pyridine rings is 1. The molecule has 0 spiro atoms. The second kappa shape index (κ2) is 7.31. The molecule has 0 saturated carbocycles. The molecule has 0 aliphatic heterocycles. The number of thioether (sulfide) groups is 1. The number of hydrogen-bond acceptors (Lipinski definition) is 3. The van der Waals surface area contributed by atoms with Gasteiger partial charge in [0.1, 0.15) is 0 Å². The highest BCUT2D eigenvalue weighted by Crippen LogP contribution is 2.21. The Hall–Kier alpha value is -1.32. The van der Waals surface area contributed by atoms with E-state index < -0.39 is 0 Å². The van der Waals surface area contributed by atoms with Crippen molar-refractivity contribution in [1.82, 2.24) is 10.3 Å². The number of benzene rings is 1. The molecular formula is C16H20N2S. The maximum absolute atomic E-state index is 4.42. The average Bonchev–Trinajstić information content (AvgIpc) is 2.48. The van der Waals surface area contributed by atoms with Crippen molar-refractivity contribution in [3.05, 3.63) is 59.9 Å². The monoisotopic (exact) mass is 272 g/mol. The van der Waals surface area contributed by atoms with Gasteiger partial charge in [-0.25, -0.2) is 0 Å². The Morgan fingerprint density at radius 2 is 1.95 bits per heavy atom. The molecule has 2 nitrogen and oxygen atoms in total. The Bertz CT molecular complexity index is 482. The molecular weight excluding hydrogens is 252 g/mol. The van der Waals surface area contributed by atoms with Crippen LogP contribution in [0.5, 0.6) is 0 Å². The Morgan fingerprint density at radius 1 is 1.16 bits per heavy atom. The summed E-state index contributed by atoms with van der Waals surface area (Å²) in [6, 6.07) is 15.2. The minimum atomic E-state index is 0.329. The molecule has 100 valence electrons. The van der Waals surface area contributed by atoms with Gasteiger partial charge in [0.25, 0.3) is 0 Å². The maximum Gasteiger partial charge on any atom is 0.0422 e. The molecule has 2 rings (SSSR count). The first-order valence-corrected chi connectivity index (χ1v) is 7.83. The zero-order valence-electron chi connectivity index (χ0n) is 11.5. The second-order valence-corrected chi connectivity index (χ2v) is 5.29. The Balaban J connectivity index is 2.14.